The molecule has 0 N–H and O–H groups in total. The Balaban J connectivity index is 1.20. The van der Waals surface area contributed by atoms with Gasteiger partial charge in [0.05, 0.1) is 16.8 Å². The topological polar surface area (TPSA) is 21.3 Å². The van der Waals surface area contributed by atoms with E-state index in [1.165, 1.54) is 140 Å². The lowest BCUT2D eigenvalue weighted by atomic mass is 9.48. The highest BCUT2D eigenvalue weighted by molar-refractivity contribution is 7.32. The number of benzene rings is 7. The van der Waals surface area contributed by atoms with Crippen molar-refractivity contribution in [3.05, 3.63) is 138 Å². The van der Waals surface area contributed by atoms with E-state index in [0.717, 1.165) is 11.2 Å². The number of hydrogen-bond donors (Lipinski definition) is 0. The van der Waals surface area contributed by atoms with Crippen LogP contribution in [0.4, 0.5) is 17.1 Å². The summed E-state index contributed by atoms with van der Waals surface area (Å²) in [6.45, 7) is 19.7. The van der Waals surface area contributed by atoms with Gasteiger partial charge in [-0.15, -0.1) is 11.3 Å². The zero-order valence-electron chi connectivity index (χ0n) is 37.6. The van der Waals surface area contributed by atoms with Crippen LogP contribution in [0.1, 0.15) is 103 Å². The Bertz CT molecular complexity index is 3720. The molecule has 5 heterocycles. The maximum absolute atomic E-state index is 7.00. The van der Waals surface area contributed by atoms with Crippen molar-refractivity contribution in [2.45, 2.75) is 103 Å². The van der Waals surface area contributed by atoms with E-state index in [1.54, 1.807) is 0 Å². The van der Waals surface area contributed by atoms with Crippen LogP contribution in [-0.4, -0.2) is 11.3 Å². The lowest BCUT2D eigenvalue weighted by molar-refractivity contribution is 0.332. The monoisotopic (exact) mass is 834 g/mol. The van der Waals surface area contributed by atoms with Gasteiger partial charge in [0.25, 0.3) is 0 Å². The standard InChI is InChI=1S/C58H51BN2OS/c1-55(2)22-23-56(3,4)42-28-34(20-21-41(42)55)60-52-40-29-43-44(58(7,8)25-24-57(43,5)6)31-48(40)63-54(52)59-50-39(30-47-49(53(50)60)37-16-11-12-19-46(37)62-47)36-18-13-17-35-38-26-32-14-9-10-15-33(32)27-45(38)61(59)51(35)36/h9-21,26-31H,22-25H2,1-8H3. The zero-order valence-corrected chi connectivity index (χ0v) is 38.4. The fraction of sp³-hybridized carbons (Fsp3) is 0.276. The van der Waals surface area contributed by atoms with Gasteiger partial charge in [-0.1, -0.05) is 122 Å². The summed E-state index contributed by atoms with van der Waals surface area (Å²) in [5.41, 5.74) is 18.6. The second-order valence-electron chi connectivity index (χ2n) is 22.2. The van der Waals surface area contributed by atoms with Crippen molar-refractivity contribution < 1.29 is 4.42 Å². The molecule has 2 aliphatic heterocycles. The third-order valence-electron chi connectivity index (χ3n) is 16.6. The summed E-state index contributed by atoms with van der Waals surface area (Å²) in [6.07, 6.45) is 4.73. The van der Waals surface area contributed by atoms with Gasteiger partial charge in [-0.2, -0.15) is 0 Å². The van der Waals surface area contributed by atoms with E-state index in [4.69, 9.17) is 4.42 Å². The number of rotatable bonds is 1. The molecule has 5 heteroatoms. The highest BCUT2D eigenvalue weighted by Gasteiger charge is 2.48. The molecule has 0 saturated carbocycles. The average Bonchev–Trinajstić information content (AvgIpc) is 3.94. The van der Waals surface area contributed by atoms with Crippen LogP contribution in [0.3, 0.4) is 0 Å². The SMILES string of the molecule is CC1(C)CCC(C)(C)c2cc(N3c4c(sc5cc6c(cc45)C(C)(C)CCC6(C)C)B4c5c(cc6oc7ccccc7c6c53)-c3cccc5c6cc7ccccc7cc6n4c35)ccc21. The second-order valence-corrected chi connectivity index (χ2v) is 23.2. The number of hydrogen-bond acceptors (Lipinski definition) is 3. The van der Waals surface area contributed by atoms with Gasteiger partial charge in [-0.25, -0.2) is 0 Å². The normalized spacial score (nSPS) is 18.7. The Kier molecular flexibility index (Phi) is 6.79. The third kappa shape index (κ3) is 4.62. The predicted molar refractivity (Wildman–Crippen MR) is 271 cm³/mol. The fourth-order valence-electron chi connectivity index (χ4n) is 12.9. The van der Waals surface area contributed by atoms with Crippen molar-refractivity contribution in [3.63, 3.8) is 0 Å². The number of aromatic nitrogens is 1. The van der Waals surface area contributed by atoms with Crippen LogP contribution >= 0.6 is 11.3 Å². The first-order valence-electron chi connectivity index (χ1n) is 23.2. The summed E-state index contributed by atoms with van der Waals surface area (Å²) in [7, 11) is 0. The molecule has 4 aliphatic rings. The van der Waals surface area contributed by atoms with Crippen molar-refractivity contribution in [2.24, 2.45) is 0 Å². The highest BCUT2D eigenvalue weighted by Crippen LogP contribution is 2.56. The van der Waals surface area contributed by atoms with Gasteiger partial charge in [0.1, 0.15) is 11.2 Å². The van der Waals surface area contributed by atoms with Crippen molar-refractivity contribution in [3.8, 4) is 11.1 Å². The second kappa shape index (κ2) is 11.7. The molecular weight excluding hydrogens is 784 g/mol. The summed E-state index contributed by atoms with van der Waals surface area (Å²) in [6, 6.07) is 44.7. The maximum Gasteiger partial charge on any atom is 0.343 e. The molecule has 0 amide bonds. The first kappa shape index (κ1) is 36.7. The van der Waals surface area contributed by atoms with E-state index in [-0.39, 0.29) is 28.5 Å². The number of furan rings is 1. The molecule has 0 atom stereocenters. The summed E-state index contributed by atoms with van der Waals surface area (Å²) < 4.78 is 12.6. The molecule has 308 valence electrons. The van der Waals surface area contributed by atoms with Crippen molar-refractivity contribution in [1.29, 1.82) is 0 Å². The molecule has 63 heavy (non-hydrogen) atoms. The molecule has 3 aromatic heterocycles. The van der Waals surface area contributed by atoms with Crippen molar-refractivity contribution in [2.75, 3.05) is 4.90 Å². The van der Waals surface area contributed by atoms with E-state index in [0.29, 0.717) is 0 Å². The van der Waals surface area contributed by atoms with Crippen LogP contribution in [-0.2, 0) is 21.7 Å². The first-order valence-corrected chi connectivity index (χ1v) is 24.0. The summed E-state index contributed by atoms with van der Waals surface area (Å²) in [5, 5.41) is 8.93. The van der Waals surface area contributed by atoms with E-state index < -0.39 is 0 Å². The van der Waals surface area contributed by atoms with Crippen LogP contribution in [0, 0.1) is 0 Å². The largest absolute Gasteiger partial charge is 0.456 e. The Morgan fingerprint density at radius 1 is 0.524 bits per heavy atom. The third-order valence-corrected chi connectivity index (χ3v) is 17.8. The molecular formula is C58H51BN2OS. The van der Waals surface area contributed by atoms with Gasteiger partial charge < -0.3 is 13.8 Å². The lowest BCUT2D eigenvalue weighted by Crippen LogP contribution is -2.55. The van der Waals surface area contributed by atoms with Gasteiger partial charge >= 0.3 is 6.85 Å². The van der Waals surface area contributed by atoms with Gasteiger partial charge in [-0.3, -0.25) is 0 Å². The number of thiophene rings is 1. The molecule has 10 aromatic rings. The number of anilines is 3. The lowest BCUT2D eigenvalue weighted by Gasteiger charge is -2.44. The molecule has 0 spiro atoms. The van der Waals surface area contributed by atoms with Crippen molar-refractivity contribution >= 4 is 110 Å². The van der Waals surface area contributed by atoms with Gasteiger partial charge in [-0.05, 0) is 140 Å². The summed E-state index contributed by atoms with van der Waals surface area (Å²) in [4.78, 5) is 2.73. The molecule has 0 bridgehead atoms. The van der Waals surface area contributed by atoms with Crippen LogP contribution in [0.25, 0.3) is 75.7 Å². The maximum atomic E-state index is 7.00. The van der Waals surface area contributed by atoms with Crippen LogP contribution in [0.5, 0.6) is 0 Å². The highest BCUT2D eigenvalue weighted by atomic mass is 32.1. The Hall–Kier alpha value is -5.78. The molecule has 0 fully saturated rings. The number of fused-ring (bicyclic) bond motifs is 16. The minimum Gasteiger partial charge on any atom is -0.456 e. The van der Waals surface area contributed by atoms with Crippen LogP contribution in [0.2, 0.25) is 0 Å². The predicted octanol–water partition coefficient (Wildman–Crippen LogP) is 15.2. The Labute approximate surface area is 373 Å². The van der Waals surface area contributed by atoms with Gasteiger partial charge in [0.15, 0.2) is 0 Å². The molecule has 0 radical (unpaired) electrons. The van der Waals surface area contributed by atoms with Crippen molar-refractivity contribution in [1.82, 2.24) is 4.48 Å². The molecule has 0 saturated heterocycles. The molecule has 0 unspecified atom stereocenters. The minimum atomic E-state index is -0.0428. The first-order chi connectivity index (χ1) is 30.2. The number of para-hydroxylation sites is 2. The van der Waals surface area contributed by atoms with Gasteiger partial charge in [0, 0.05) is 53.3 Å². The molecule has 2 aliphatic carbocycles. The van der Waals surface area contributed by atoms with E-state index in [1.807, 2.05) is 11.3 Å². The minimum absolute atomic E-state index is 0.0428. The Morgan fingerprint density at radius 2 is 1.17 bits per heavy atom. The molecule has 14 rings (SSSR count). The van der Waals surface area contributed by atoms with E-state index >= 15 is 0 Å². The quantitative estimate of drug-likeness (QED) is 0.154. The fourth-order valence-corrected chi connectivity index (χ4v) is 14.2. The van der Waals surface area contributed by atoms with E-state index in [2.05, 4.69) is 180 Å². The molecule has 3 nitrogen and oxygen atoms in total. The smallest absolute Gasteiger partial charge is 0.343 e. The summed E-state index contributed by atoms with van der Waals surface area (Å²) >= 11 is 2.04. The van der Waals surface area contributed by atoms with Crippen LogP contribution < -0.4 is 15.1 Å². The average molecular weight is 835 g/mol. The van der Waals surface area contributed by atoms with Crippen LogP contribution in [0.15, 0.2) is 120 Å². The number of nitrogens with zero attached hydrogens (tertiary/aromatic N) is 2. The zero-order chi connectivity index (χ0) is 42.7. The van der Waals surface area contributed by atoms with Gasteiger partial charge in [0.2, 0.25) is 0 Å². The Morgan fingerprint density at radius 3 is 1.94 bits per heavy atom. The molecule has 7 aromatic carbocycles. The summed E-state index contributed by atoms with van der Waals surface area (Å²) in [5.74, 6) is 0. The van der Waals surface area contributed by atoms with E-state index in [9.17, 15) is 0 Å².